The molecule has 5 heteroatoms. The SMILES string of the molecule is Cc1ccccc1[C@H]1CN(C(=O)c2cccc(Cl)c2)C[C@H]1C(=O)NCC(C)C. The van der Waals surface area contributed by atoms with Crippen molar-refractivity contribution in [2.75, 3.05) is 19.6 Å². The number of benzene rings is 2. The minimum absolute atomic E-state index is 0.0170. The highest BCUT2D eigenvalue weighted by atomic mass is 35.5. The maximum Gasteiger partial charge on any atom is 0.253 e. The highest BCUT2D eigenvalue weighted by Crippen LogP contribution is 2.35. The molecule has 1 heterocycles. The first-order chi connectivity index (χ1) is 13.4. The van der Waals surface area contributed by atoms with Crippen molar-refractivity contribution in [3.63, 3.8) is 0 Å². The van der Waals surface area contributed by atoms with Crippen molar-refractivity contribution >= 4 is 23.4 Å². The highest BCUT2D eigenvalue weighted by Gasteiger charge is 2.41. The minimum Gasteiger partial charge on any atom is -0.356 e. The summed E-state index contributed by atoms with van der Waals surface area (Å²) in [4.78, 5) is 27.7. The number of hydrogen-bond donors (Lipinski definition) is 1. The van der Waals surface area contributed by atoms with Gasteiger partial charge in [0.05, 0.1) is 5.92 Å². The smallest absolute Gasteiger partial charge is 0.253 e. The lowest BCUT2D eigenvalue weighted by atomic mass is 9.86. The molecule has 2 amide bonds. The van der Waals surface area contributed by atoms with Gasteiger partial charge in [0.15, 0.2) is 0 Å². The molecule has 148 valence electrons. The number of halogens is 1. The van der Waals surface area contributed by atoms with Gasteiger partial charge in [-0.15, -0.1) is 0 Å². The minimum atomic E-state index is -0.261. The molecule has 0 unspecified atom stereocenters. The van der Waals surface area contributed by atoms with Gasteiger partial charge in [0.25, 0.3) is 5.91 Å². The summed E-state index contributed by atoms with van der Waals surface area (Å²) >= 11 is 6.06. The standard InChI is InChI=1S/C23H27ClN2O2/c1-15(2)12-25-22(27)21-14-26(23(28)17-8-6-9-18(24)11-17)13-20(21)19-10-5-4-7-16(19)3/h4-11,15,20-21H,12-14H2,1-3H3,(H,25,27)/t20-,21-/m1/s1. The van der Waals surface area contributed by atoms with Crippen molar-refractivity contribution in [3.05, 3.63) is 70.2 Å². The maximum atomic E-state index is 13.0. The van der Waals surface area contributed by atoms with E-state index in [-0.39, 0.29) is 23.7 Å². The zero-order chi connectivity index (χ0) is 20.3. The second-order valence-electron chi connectivity index (χ2n) is 7.93. The van der Waals surface area contributed by atoms with E-state index in [4.69, 9.17) is 11.6 Å². The number of rotatable bonds is 5. The first-order valence-electron chi connectivity index (χ1n) is 9.75. The van der Waals surface area contributed by atoms with Gasteiger partial charge >= 0.3 is 0 Å². The molecule has 2 aromatic rings. The lowest BCUT2D eigenvalue weighted by molar-refractivity contribution is -0.125. The van der Waals surface area contributed by atoms with Gasteiger partial charge in [-0.2, -0.15) is 0 Å². The van der Waals surface area contributed by atoms with E-state index < -0.39 is 0 Å². The molecule has 0 bridgehead atoms. The monoisotopic (exact) mass is 398 g/mol. The molecule has 0 radical (unpaired) electrons. The summed E-state index contributed by atoms with van der Waals surface area (Å²) < 4.78 is 0. The van der Waals surface area contributed by atoms with Gasteiger partial charge < -0.3 is 10.2 Å². The number of carbonyl (C=O) groups excluding carboxylic acids is 2. The summed E-state index contributed by atoms with van der Waals surface area (Å²) in [5.74, 6) is 0.0366. The van der Waals surface area contributed by atoms with Crippen LogP contribution >= 0.6 is 11.6 Å². The fourth-order valence-corrected chi connectivity index (χ4v) is 3.98. The molecule has 1 fully saturated rings. The zero-order valence-corrected chi connectivity index (χ0v) is 17.4. The predicted molar refractivity (Wildman–Crippen MR) is 113 cm³/mol. The quantitative estimate of drug-likeness (QED) is 0.817. The summed E-state index contributed by atoms with van der Waals surface area (Å²) in [5, 5.41) is 3.59. The van der Waals surface area contributed by atoms with E-state index in [2.05, 4.69) is 38.2 Å². The molecule has 4 nitrogen and oxygen atoms in total. The summed E-state index contributed by atoms with van der Waals surface area (Å²) in [5.41, 5.74) is 2.83. The Hall–Kier alpha value is -2.33. The number of hydrogen-bond acceptors (Lipinski definition) is 2. The lowest BCUT2D eigenvalue weighted by Gasteiger charge is -2.20. The fourth-order valence-electron chi connectivity index (χ4n) is 3.79. The van der Waals surface area contributed by atoms with Crippen LogP contribution in [0.2, 0.25) is 5.02 Å². The lowest BCUT2D eigenvalue weighted by Crippen LogP contribution is -2.37. The third-order valence-corrected chi connectivity index (χ3v) is 5.52. The van der Waals surface area contributed by atoms with Gasteiger partial charge in [-0.1, -0.05) is 55.8 Å². The molecule has 0 aromatic heterocycles. The normalized spacial score (nSPS) is 19.1. The van der Waals surface area contributed by atoms with Crippen molar-refractivity contribution in [2.45, 2.75) is 26.7 Å². The highest BCUT2D eigenvalue weighted by molar-refractivity contribution is 6.30. The van der Waals surface area contributed by atoms with Crippen molar-refractivity contribution in [2.24, 2.45) is 11.8 Å². The van der Waals surface area contributed by atoms with Crippen LogP contribution < -0.4 is 5.32 Å². The van der Waals surface area contributed by atoms with Gasteiger partial charge in [-0.3, -0.25) is 9.59 Å². The van der Waals surface area contributed by atoms with Gasteiger partial charge in [-0.05, 0) is 42.2 Å². The van der Waals surface area contributed by atoms with E-state index in [1.54, 1.807) is 29.2 Å². The van der Waals surface area contributed by atoms with E-state index in [0.29, 0.717) is 36.1 Å². The first-order valence-corrected chi connectivity index (χ1v) is 10.1. The van der Waals surface area contributed by atoms with E-state index in [9.17, 15) is 9.59 Å². The average Bonchev–Trinajstić information content (AvgIpc) is 3.11. The molecular formula is C23H27ClN2O2. The van der Waals surface area contributed by atoms with Crippen LogP contribution in [-0.4, -0.2) is 36.3 Å². The van der Waals surface area contributed by atoms with Gasteiger partial charge in [0, 0.05) is 36.1 Å². The molecule has 0 spiro atoms. The van der Waals surface area contributed by atoms with E-state index in [1.807, 2.05) is 12.1 Å². The Labute approximate surface area is 171 Å². The summed E-state index contributed by atoms with van der Waals surface area (Å²) in [6, 6.07) is 15.1. The average molecular weight is 399 g/mol. The molecule has 1 aliphatic heterocycles. The van der Waals surface area contributed by atoms with Crippen LogP contribution in [0.1, 0.15) is 41.3 Å². The van der Waals surface area contributed by atoms with Crippen LogP contribution in [0, 0.1) is 18.8 Å². The van der Waals surface area contributed by atoms with Crippen LogP contribution in [0.25, 0.3) is 0 Å². The third kappa shape index (κ3) is 4.56. The Morgan fingerprint density at radius 1 is 1.14 bits per heavy atom. The Kier molecular flexibility index (Phi) is 6.40. The molecule has 0 aliphatic carbocycles. The third-order valence-electron chi connectivity index (χ3n) is 5.29. The molecule has 28 heavy (non-hydrogen) atoms. The second-order valence-corrected chi connectivity index (χ2v) is 8.37. The molecular weight excluding hydrogens is 372 g/mol. The van der Waals surface area contributed by atoms with Crippen molar-refractivity contribution < 1.29 is 9.59 Å². The van der Waals surface area contributed by atoms with Crippen LogP contribution in [-0.2, 0) is 4.79 Å². The Bertz CT molecular complexity index is 865. The van der Waals surface area contributed by atoms with Crippen LogP contribution in [0.15, 0.2) is 48.5 Å². The molecule has 2 atom stereocenters. The number of aryl methyl sites for hydroxylation is 1. The van der Waals surface area contributed by atoms with Crippen molar-refractivity contribution in [1.82, 2.24) is 10.2 Å². The molecule has 0 saturated carbocycles. The first kappa shape index (κ1) is 20.4. The van der Waals surface area contributed by atoms with Gasteiger partial charge in [0.2, 0.25) is 5.91 Å². The summed E-state index contributed by atoms with van der Waals surface area (Å²) in [7, 11) is 0. The number of nitrogens with one attached hydrogen (secondary N) is 1. The van der Waals surface area contributed by atoms with Gasteiger partial charge in [-0.25, -0.2) is 0 Å². The van der Waals surface area contributed by atoms with E-state index in [0.717, 1.165) is 11.1 Å². The number of nitrogens with zero attached hydrogens (tertiary/aromatic N) is 1. The molecule has 2 aromatic carbocycles. The summed E-state index contributed by atoms with van der Waals surface area (Å²) in [6.45, 7) is 7.77. The fraction of sp³-hybridized carbons (Fsp3) is 0.391. The van der Waals surface area contributed by atoms with Crippen LogP contribution in [0.5, 0.6) is 0 Å². The largest absolute Gasteiger partial charge is 0.356 e. The Morgan fingerprint density at radius 2 is 1.89 bits per heavy atom. The molecule has 1 N–H and O–H groups in total. The second kappa shape index (κ2) is 8.78. The van der Waals surface area contributed by atoms with Crippen LogP contribution in [0.4, 0.5) is 0 Å². The van der Waals surface area contributed by atoms with Crippen molar-refractivity contribution in [3.8, 4) is 0 Å². The number of amides is 2. The van der Waals surface area contributed by atoms with Crippen LogP contribution in [0.3, 0.4) is 0 Å². The van der Waals surface area contributed by atoms with E-state index in [1.165, 1.54) is 0 Å². The number of likely N-dealkylation sites (tertiary alicyclic amines) is 1. The maximum absolute atomic E-state index is 13.0. The zero-order valence-electron chi connectivity index (χ0n) is 16.6. The molecule has 3 rings (SSSR count). The molecule has 1 saturated heterocycles. The topological polar surface area (TPSA) is 49.4 Å². The summed E-state index contributed by atoms with van der Waals surface area (Å²) in [6.07, 6.45) is 0. The van der Waals surface area contributed by atoms with Crippen molar-refractivity contribution in [1.29, 1.82) is 0 Å². The predicted octanol–water partition coefficient (Wildman–Crippen LogP) is 4.28. The Morgan fingerprint density at radius 3 is 2.57 bits per heavy atom. The van der Waals surface area contributed by atoms with E-state index >= 15 is 0 Å². The Balaban J connectivity index is 1.86. The van der Waals surface area contributed by atoms with Gasteiger partial charge in [0.1, 0.15) is 0 Å². The number of carbonyl (C=O) groups is 2. The molecule has 1 aliphatic rings.